The lowest BCUT2D eigenvalue weighted by Crippen LogP contribution is -2.40. The molecule has 3 N–H and O–H groups in total. The van der Waals surface area contributed by atoms with E-state index in [4.69, 9.17) is 10.5 Å². The summed E-state index contributed by atoms with van der Waals surface area (Å²) < 4.78 is 6.09. The Bertz CT molecular complexity index is 565. The molecule has 1 unspecified atom stereocenters. The molecule has 0 amide bonds. The molecule has 0 aromatic heterocycles. The minimum absolute atomic E-state index is 0.101. The van der Waals surface area contributed by atoms with Crippen LogP contribution in [0.2, 0.25) is 0 Å². The number of hydrogen-bond acceptors (Lipinski definition) is 4. The van der Waals surface area contributed by atoms with E-state index in [9.17, 15) is 5.11 Å². The number of nitrogens with two attached hydrogens (primary N) is 1. The lowest BCUT2D eigenvalue weighted by Gasteiger charge is -2.26. The summed E-state index contributed by atoms with van der Waals surface area (Å²) in [5.41, 5.74) is 10.3. The molecule has 3 rings (SSSR count). The van der Waals surface area contributed by atoms with Gasteiger partial charge in [0.15, 0.2) is 0 Å². The second kappa shape index (κ2) is 8.90. The Morgan fingerprint density at radius 1 is 1.28 bits per heavy atom. The van der Waals surface area contributed by atoms with Crippen molar-refractivity contribution in [1.29, 1.82) is 0 Å². The zero-order valence-corrected chi connectivity index (χ0v) is 16.3. The summed E-state index contributed by atoms with van der Waals surface area (Å²) in [7, 11) is 0. The van der Waals surface area contributed by atoms with Crippen LogP contribution in [-0.4, -0.2) is 41.5 Å². The van der Waals surface area contributed by atoms with Crippen LogP contribution in [0.1, 0.15) is 61.6 Å². The van der Waals surface area contributed by atoms with Crippen LogP contribution < -0.4 is 5.73 Å². The highest BCUT2D eigenvalue weighted by Gasteiger charge is 2.36. The van der Waals surface area contributed by atoms with E-state index in [1.807, 2.05) is 11.8 Å². The minimum atomic E-state index is -0.366. The van der Waals surface area contributed by atoms with Gasteiger partial charge in [-0.2, -0.15) is 11.8 Å². The fraction of sp³-hybridized carbons (Fsp3) is 0.714. The van der Waals surface area contributed by atoms with Crippen LogP contribution in [0.3, 0.4) is 0 Å². The standard InChI is InChI=1S/C21H33NO2S/c1-2-10-25-11-9-24-20-6-5-16-12-17(3-4-18(16)13-20)19-7-8-21(22,14-19)15-23/h3-4,12,19-20,23H,2,5-11,13-15,22H2,1H3/t19-,20?,21+/m0/s1. The second-order valence-corrected chi connectivity index (χ2v) is 9.06. The van der Waals surface area contributed by atoms with Gasteiger partial charge in [-0.1, -0.05) is 25.1 Å². The van der Waals surface area contributed by atoms with Crippen molar-refractivity contribution >= 4 is 11.8 Å². The van der Waals surface area contributed by atoms with Gasteiger partial charge in [0.05, 0.1) is 19.3 Å². The van der Waals surface area contributed by atoms with Gasteiger partial charge < -0.3 is 15.6 Å². The predicted octanol–water partition coefficient (Wildman–Crippen LogP) is 3.66. The average molecular weight is 364 g/mol. The molecule has 140 valence electrons. The van der Waals surface area contributed by atoms with Gasteiger partial charge in [0.25, 0.3) is 0 Å². The molecular weight excluding hydrogens is 330 g/mol. The largest absolute Gasteiger partial charge is 0.394 e. The molecule has 25 heavy (non-hydrogen) atoms. The number of benzene rings is 1. The quantitative estimate of drug-likeness (QED) is 0.692. The van der Waals surface area contributed by atoms with Gasteiger partial charge in [0, 0.05) is 11.3 Å². The molecule has 2 aliphatic rings. The molecule has 0 saturated heterocycles. The number of aliphatic hydroxyl groups excluding tert-OH is 1. The number of aryl methyl sites for hydroxylation is 1. The third-order valence-electron chi connectivity index (χ3n) is 5.77. The van der Waals surface area contributed by atoms with E-state index in [-0.39, 0.29) is 12.1 Å². The van der Waals surface area contributed by atoms with Crippen LogP contribution in [0.5, 0.6) is 0 Å². The fourth-order valence-corrected chi connectivity index (χ4v) is 4.95. The highest BCUT2D eigenvalue weighted by Crippen LogP contribution is 2.40. The van der Waals surface area contributed by atoms with Crippen LogP contribution in [0.25, 0.3) is 0 Å². The molecule has 0 heterocycles. The number of aliphatic hydroxyl groups is 1. The second-order valence-electron chi connectivity index (χ2n) is 7.84. The Hall–Kier alpha value is -0.550. The Morgan fingerprint density at radius 2 is 2.16 bits per heavy atom. The van der Waals surface area contributed by atoms with E-state index >= 15 is 0 Å². The van der Waals surface area contributed by atoms with Crippen molar-refractivity contribution in [2.24, 2.45) is 5.73 Å². The van der Waals surface area contributed by atoms with Crippen molar-refractivity contribution in [2.45, 2.75) is 69.4 Å². The number of ether oxygens (including phenoxy) is 1. The molecule has 1 aromatic rings. The van der Waals surface area contributed by atoms with Crippen LogP contribution in [0.4, 0.5) is 0 Å². The van der Waals surface area contributed by atoms with Crippen molar-refractivity contribution in [2.75, 3.05) is 24.7 Å². The molecule has 1 saturated carbocycles. The van der Waals surface area contributed by atoms with Crippen LogP contribution >= 0.6 is 11.8 Å². The zero-order chi connectivity index (χ0) is 17.7. The van der Waals surface area contributed by atoms with Crippen molar-refractivity contribution in [3.8, 4) is 0 Å². The number of rotatable bonds is 8. The lowest BCUT2D eigenvalue weighted by atomic mass is 9.85. The zero-order valence-electron chi connectivity index (χ0n) is 15.5. The molecule has 2 aliphatic carbocycles. The molecule has 4 heteroatoms. The number of fused-ring (bicyclic) bond motifs is 1. The molecular formula is C21H33NO2S. The average Bonchev–Trinajstić information content (AvgIpc) is 3.04. The summed E-state index contributed by atoms with van der Waals surface area (Å²) in [6, 6.07) is 6.99. The molecule has 0 radical (unpaired) electrons. The normalized spacial score (nSPS) is 28.9. The van der Waals surface area contributed by atoms with E-state index < -0.39 is 0 Å². The maximum atomic E-state index is 9.49. The van der Waals surface area contributed by atoms with Gasteiger partial charge in [0.1, 0.15) is 0 Å². The first-order chi connectivity index (χ1) is 12.1. The minimum Gasteiger partial charge on any atom is -0.394 e. The van der Waals surface area contributed by atoms with Crippen LogP contribution in [0, 0.1) is 0 Å². The highest BCUT2D eigenvalue weighted by atomic mass is 32.2. The SMILES string of the molecule is CCCSCCOC1CCc2cc([C@H]3CC[C@](N)(CO)C3)ccc2C1. The van der Waals surface area contributed by atoms with E-state index in [2.05, 4.69) is 25.1 Å². The Balaban J connectivity index is 1.53. The number of hydrogen-bond donors (Lipinski definition) is 2. The molecule has 0 aliphatic heterocycles. The Morgan fingerprint density at radius 3 is 2.92 bits per heavy atom. The Labute approximate surface area is 156 Å². The van der Waals surface area contributed by atoms with E-state index in [0.29, 0.717) is 12.0 Å². The lowest BCUT2D eigenvalue weighted by molar-refractivity contribution is 0.0552. The van der Waals surface area contributed by atoms with E-state index in [1.165, 1.54) is 28.9 Å². The predicted molar refractivity (Wildman–Crippen MR) is 106 cm³/mol. The van der Waals surface area contributed by atoms with Crippen molar-refractivity contribution in [3.63, 3.8) is 0 Å². The summed E-state index contributed by atoms with van der Waals surface area (Å²) in [6.45, 7) is 3.21. The third kappa shape index (κ3) is 5.00. The first kappa shape index (κ1) is 19.2. The molecule has 1 fully saturated rings. The van der Waals surface area contributed by atoms with Crippen LogP contribution in [0.15, 0.2) is 18.2 Å². The van der Waals surface area contributed by atoms with Gasteiger partial charge >= 0.3 is 0 Å². The molecule has 0 spiro atoms. The summed E-state index contributed by atoms with van der Waals surface area (Å²) in [5.74, 6) is 2.86. The Kier molecular flexibility index (Phi) is 6.84. The summed E-state index contributed by atoms with van der Waals surface area (Å²) >= 11 is 1.99. The monoisotopic (exact) mass is 363 g/mol. The maximum absolute atomic E-state index is 9.49. The first-order valence-corrected chi connectivity index (χ1v) is 11.0. The highest BCUT2D eigenvalue weighted by molar-refractivity contribution is 7.99. The maximum Gasteiger partial charge on any atom is 0.0619 e. The van der Waals surface area contributed by atoms with Crippen molar-refractivity contribution in [1.82, 2.24) is 0 Å². The van der Waals surface area contributed by atoms with Crippen molar-refractivity contribution < 1.29 is 9.84 Å². The van der Waals surface area contributed by atoms with E-state index in [1.54, 1.807) is 0 Å². The molecule has 3 nitrogen and oxygen atoms in total. The fourth-order valence-electron chi connectivity index (χ4n) is 4.24. The first-order valence-electron chi connectivity index (χ1n) is 9.84. The van der Waals surface area contributed by atoms with Gasteiger partial charge in [-0.3, -0.25) is 0 Å². The smallest absolute Gasteiger partial charge is 0.0619 e. The van der Waals surface area contributed by atoms with Gasteiger partial charge in [-0.05, 0) is 73.3 Å². The molecule has 3 atom stereocenters. The van der Waals surface area contributed by atoms with Gasteiger partial charge in [-0.25, -0.2) is 0 Å². The van der Waals surface area contributed by atoms with E-state index in [0.717, 1.165) is 50.9 Å². The number of thioether (sulfide) groups is 1. The summed E-state index contributed by atoms with van der Waals surface area (Å²) in [5, 5.41) is 9.49. The van der Waals surface area contributed by atoms with Crippen LogP contribution in [-0.2, 0) is 17.6 Å². The van der Waals surface area contributed by atoms with Crippen molar-refractivity contribution in [3.05, 3.63) is 34.9 Å². The topological polar surface area (TPSA) is 55.5 Å². The summed E-state index contributed by atoms with van der Waals surface area (Å²) in [6.07, 6.45) is 7.87. The van der Waals surface area contributed by atoms with Gasteiger partial charge in [0.2, 0.25) is 0 Å². The third-order valence-corrected chi connectivity index (χ3v) is 6.93. The molecule has 1 aromatic carbocycles. The van der Waals surface area contributed by atoms with Gasteiger partial charge in [-0.15, -0.1) is 0 Å². The molecule has 0 bridgehead atoms. The summed E-state index contributed by atoms with van der Waals surface area (Å²) in [4.78, 5) is 0.